The first-order valence-electron chi connectivity index (χ1n) is 8.16. The lowest BCUT2D eigenvalue weighted by atomic mass is 10.1. The van der Waals surface area contributed by atoms with E-state index < -0.39 is 10.0 Å². The zero-order valence-corrected chi connectivity index (χ0v) is 14.9. The minimum Gasteiger partial charge on any atom is -0.492 e. The van der Waals surface area contributed by atoms with Gasteiger partial charge in [-0.1, -0.05) is 60.2 Å². The number of benzene rings is 3. The first kappa shape index (κ1) is 17.5. The summed E-state index contributed by atoms with van der Waals surface area (Å²) in [4.78, 5) is 0. The summed E-state index contributed by atoms with van der Waals surface area (Å²) in [7, 11) is -3.37. The fourth-order valence-corrected chi connectivity index (χ4v) is 3.81. The zero-order chi connectivity index (χ0) is 17.7. The summed E-state index contributed by atoms with van der Waals surface area (Å²) >= 11 is 0. The Bertz CT molecular complexity index is 967. The molecule has 3 aromatic carbocycles. The van der Waals surface area contributed by atoms with E-state index in [-0.39, 0.29) is 18.9 Å². The second-order valence-corrected chi connectivity index (χ2v) is 7.81. The van der Waals surface area contributed by atoms with Crippen molar-refractivity contribution in [1.82, 2.24) is 4.72 Å². The van der Waals surface area contributed by atoms with Gasteiger partial charge in [-0.2, -0.15) is 0 Å². The molecule has 0 saturated heterocycles. The third-order valence-electron chi connectivity index (χ3n) is 3.85. The van der Waals surface area contributed by atoms with Gasteiger partial charge in [0.25, 0.3) is 0 Å². The highest BCUT2D eigenvalue weighted by Gasteiger charge is 2.11. The number of aryl methyl sites for hydroxylation is 1. The number of rotatable bonds is 7. The van der Waals surface area contributed by atoms with Crippen molar-refractivity contribution >= 4 is 20.8 Å². The van der Waals surface area contributed by atoms with Gasteiger partial charge in [-0.15, -0.1) is 0 Å². The van der Waals surface area contributed by atoms with E-state index in [2.05, 4.69) is 4.72 Å². The van der Waals surface area contributed by atoms with Gasteiger partial charge in [0.05, 0.1) is 5.75 Å². The maximum absolute atomic E-state index is 12.1. The van der Waals surface area contributed by atoms with Gasteiger partial charge >= 0.3 is 0 Å². The summed E-state index contributed by atoms with van der Waals surface area (Å²) < 4.78 is 32.5. The van der Waals surface area contributed by atoms with E-state index in [1.54, 1.807) is 0 Å². The number of hydrogen-bond acceptors (Lipinski definition) is 3. The van der Waals surface area contributed by atoms with Crippen molar-refractivity contribution in [2.24, 2.45) is 0 Å². The zero-order valence-electron chi connectivity index (χ0n) is 14.1. The summed E-state index contributed by atoms with van der Waals surface area (Å²) in [5.74, 6) is 0.710. The van der Waals surface area contributed by atoms with Crippen molar-refractivity contribution < 1.29 is 13.2 Å². The van der Waals surface area contributed by atoms with Gasteiger partial charge in [-0.05, 0) is 35.4 Å². The lowest BCUT2D eigenvalue weighted by Crippen LogP contribution is -2.29. The van der Waals surface area contributed by atoms with E-state index in [0.29, 0.717) is 0 Å². The quantitative estimate of drug-likeness (QED) is 0.658. The van der Waals surface area contributed by atoms with Crippen LogP contribution in [0.4, 0.5) is 0 Å². The van der Waals surface area contributed by atoms with Gasteiger partial charge in [0.1, 0.15) is 12.4 Å². The van der Waals surface area contributed by atoms with Crippen LogP contribution in [0.2, 0.25) is 0 Å². The van der Waals surface area contributed by atoms with Crippen molar-refractivity contribution in [3.05, 3.63) is 77.9 Å². The number of sulfonamides is 1. The number of ether oxygens (including phenoxy) is 1. The molecule has 0 bridgehead atoms. The van der Waals surface area contributed by atoms with E-state index in [1.165, 1.54) is 0 Å². The van der Waals surface area contributed by atoms with E-state index in [1.807, 2.05) is 73.7 Å². The monoisotopic (exact) mass is 355 g/mol. The summed E-state index contributed by atoms with van der Waals surface area (Å²) in [6.45, 7) is 2.47. The van der Waals surface area contributed by atoms with Crippen molar-refractivity contribution in [3.63, 3.8) is 0 Å². The molecule has 0 aliphatic heterocycles. The van der Waals surface area contributed by atoms with Crippen LogP contribution >= 0.6 is 0 Å². The molecule has 0 aromatic heterocycles. The summed E-state index contributed by atoms with van der Waals surface area (Å²) in [5, 5.41) is 2.24. The molecule has 0 fully saturated rings. The van der Waals surface area contributed by atoms with Gasteiger partial charge in [0, 0.05) is 6.54 Å². The molecule has 4 nitrogen and oxygen atoms in total. The molecule has 0 spiro atoms. The maximum atomic E-state index is 12.1. The van der Waals surface area contributed by atoms with Gasteiger partial charge in [0.2, 0.25) is 10.0 Å². The van der Waals surface area contributed by atoms with Crippen LogP contribution in [0, 0.1) is 6.92 Å². The van der Waals surface area contributed by atoms with Crippen molar-refractivity contribution in [2.45, 2.75) is 12.7 Å². The topological polar surface area (TPSA) is 55.4 Å². The first-order valence-corrected chi connectivity index (χ1v) is 9.82. The molecule has 0 amide bonds. The molecule has 3 aromatic rings. The second kappa shape index (κ2) is 7.68. The van der Waals surface area contributed by atoms with Crippen molar-refractivity contribution in [2.75, 3.05) is 13.2 Å². The normalized spacial score (nSPS) is 11.6. The SMILES string of the molecule is Cc1cccc(CS(=O)(=O)NCCOc2ccc3ccccc3c2)c1. The maximum Gasteiger partial charge on any atom is 0.215 e. The average Bonchev–Trinajstić information content (AvgIpc) is 2.58. The molecule has 0 aliphatic rings. The van der Waals surface area contributed by atoms with Crippen LogP contribution in [-0.4, -0.2) is 21.6 Å². The molecule has 0 heterocycles. The fourth-order valence-electron chi connectivity index (χ4n) is 2.70. The Kier molecular flexibility index (Phi) is 5.36. The molecule has 25 heavy (non-hydrogen) atoms. The Labute approximate surface area is 148 Å². The van der Waals surface area contributed by atoms with Crippen LogP contribution in [0.3, 0.4) is 0 Å². The highest BCUT2D eigenvalue weighted by atomic mass is 32.2. The van der Waals surface area contributed by atoms with Crippen LogP contribution in [0.25, 0.3) is 10.8 Å². The Morgan fingerprint density at radius 2 is 1.72 bits per heavy atom. The van der Waals surface area contributed by atoms with Gasteiger partial charge in [0.15, 0.2) is 0 Å². The molecule has 0 radical (unpaired) electrons. The van der Waals surface area contributed by atoms with Crippen LogP contribution < -0.4 is 9.46 Å². The van der Waals surface area contributed by atoms with Crippen LogP contribution in [0.1, 0.15) is 11.1 Å². The highest BCUT2D eigenvalue weighted by molar-refractivity contribution is 7.88. The standard InChI is InChI=1S/C20H21NO3S/c1-16-5-4-6-17(13-16)15-25(22,23)21-11-12-24-20-10-9-18-7-2-3-8-19(18)14-20/h2-10,13-14,21H,11-12,15H2,1H3. The highest BCUT2D eigenvalue weighted by Crippen LogP contribution is 2.20. The van der Waals surface area contributed by atoms with Crippen LogP contribution in [0.15, 0.2) is 66.7 Å². The molecule has 0 unspecified atom stereocenters. The second-order valence-electron chi connectivity index (χ2n) is 6.00. The summed E-state index contributed by atoms with van der Waals surface area (Å²) in [6.07, 6.45) is 0. The minimum absolute atomic E-state index is 0.0232. The Morgan fingerprint density at radius 1 is 0.920 bits per heavy atom. The smallest absolute Gasteiger partial charge is 0.215 e. The van der Waals surface area contributed by atoms with Crippen LogP contribution in [0.5, 0.6) is 5.75 Å². The lowest BCUT2D eigenvalue weighted by molar-refractivity contribution is 0.323. The molecule has 0 aliphatic carbocycles. The van der Waals surface area contributed by atoms with Crippen LogP contribution in [-0.2, 0) is 15.8 Å². The van der Waals surface area contributed by atoms with E-state index >= 15 is 0 Å². The third kappa shape index (κ3) is 5.05. The number of nitrogens with one attached hydrogen (secondary N) is 1. The number of hydrogen-bond donors (Lipinski definition) is 1. The Balaban J connectivity index is 1.51. The Hall–Kier alpha value is -2.37. The third-order valence-corrected chi connectivity index (χ3v) is 5.21. The molecule has 0 atom stereocenters. The van der Waals surface area contributed by atoms with Crippen molar-refractivity contribution in [3.8, 4) is 5.75 Å². The van der Waals surface area contributed by atoms with Crippen molar-refractivity contribution in [1.29, 1.82) is 0 Å². The molecule has 3 rings (SSSR count). The predicted octanol–water partition coefficient (Wildman–Crippen LogP) is 3.65. The van der Waals surface area contributed by atoms with Gasteiger partial charge in [-0.25, -0.2) is 13.1 Å². The molecule has 0 saturated carbocycles. The molecule has 130 valence electrons. The van der Waals surface area contributed by atoms with Gasteiger partial charge in [-0.3, -0.25) is 0 Å². The van der Waals surface area contributed by atoms with E-state index in [0.717, 1.165) is 27.6 Å². The summed E-state index contributed by atoms with van der Waals surface area (Å²) in [5.41, 5.74) is 1.83. The minimum atomic E-state index is -3.37. The van der Waals surface area contributed by atoms with Gasteiger partial charge < -0.3 is 4.74 Å². The fraction of sp³-hybridized carbons (Fsp3) is 0.200. The molecular formula is C20H21NO3S. The Morgan fingerprint density at radius 3 is 2.52 bits per heavy atom. The van der Waals surface area contributed by atoms with E-state index in [4.69, 9.17) is 4.74 Å². The molecule has 5 heteroatoms. The number of fused-ring (bicyclic) bond motifs is 1. The summed E-state index contributed by atoms with van der Waals surface area (Å²) in [6, 6.07) is 21.4. The first-order chi connectivity index (χ1) is 12.0. The molecule has 1 N–H and O–H groups in total. The average molecular weight is 355 g/mol. The predicted molar refractivity (Wildman–Crippen MR) is 101 cm³/mol. The van der Waals surface area contributed by atoms with E-state index in [9.17, 15) is 8.42 Å². The molecular weight excluding hydrogens is 334 g/mol. The lowest BCUT2D eigenvalue weighted by Gasteiger charge is -2.09. The largest absolute Gasteiger partial charge is 0.492 e.